The van der Waals surface area contributed by atoms with Crippen molar-refractivity contribution in [1.29, 1.82) is 0 Å². The highest BCUT2D eigenvalue weighted by atomic mass is 35.5. The predicted octanol–water partition coefficient (Wildman–Crippen LogP) is 6.72. The first kappa shape index (κ1) is 19.5. The van der Waals surface area contributed by atoms with E-state index in [0.717, 1.165) is 0 Å². The summed E-state index contributed by atoms with van der Waals surface area (Å²) in [7, 11) is -3.56. The maximum atomic E-state index is 12.4. The molecule has 0 atom stereocenters. The van der Waals surface area contributed by atoms with E-state index in [9.17, 15) is 8.42 Å². The molecule has 0 heterocycles. The first-order chi connectivity index (χ1) is 10.6. The van der Waals surface area contributed by atoms with Gasteiger partial charge in [0.05, 0.1) is 31.6 Å². The van der Waals surface area contributed by atoms with Gasteiger partial charge in [-0.2, -0.15) is 0 Å². The van der Waals surface area contributed by atoms with Gasteiger partial charge in [0.2, 0.25) is 0 Å². The fourth-order valence-corrected chi connectivity index (χ4v) is 4.83. The maximum absolute atomic E-state index is 12.4. The molecule has 0 aromatic heterocycles. The van der Waals surface area contributed by atoms with Gasteiger partial charge in [-0.3, -0.25) is 0 Å². The third kappa shape index (κ3) is 5.05. The van der Waals surface area contributed by atoms with Crippen molar-refractivity contribution in [2.75, 3.05) is 0 Å². The normalized spacial score (nSPS) is 11.7. The van der Waals surface area contributed by atoms with Crippen LogP contribution in [-0.4, -0.2) is 8.42 Å². The van der Waals surface area contributed by atoms with Crippen LogP contribution in [0.3, 0.4) is 0 Å². The van der Waals surface area contributed by atoms with Gasteiger partial charge in [0, 0.05) is 10.0 Å². The van der Waals surface area contributed by atoms with Gasteiger partial charge in [0.15, 0.2) is 9.84 Å². The molecule has 0 spiro atoms. The molecule has 124 valence electrons. The van der Waals surface area contributed by atoms with Crippen molar-refractivity contribution in [2.45, 2.75) is 11.5 Å². The van der Waals surface area contributed by atoms with Crippen molar-refractivity contribution in [2.24, 2.45) is 0 Å². The molecule has 0 fully saturated rings. The molecule has 0 radical (unpaired) electrons. The average Bonchev–Trinajstić information content (AvgIpc) is 2.41. The van der Waals surface area contributed by atoms with Crippen molar-refractivity contribution in [3.8, 4) is 0 Å². The number of hydrogen-bond donors (Lipinski definition) is 0. The Morgan fingerprint density at radius 1 is 0.565 bits per heavy atom. The molecule has 0 aliphatic rings. The Kier molecular flexibility index (Phi) is 6.40. The first-order valence-corrected chi connectivity index (χ1v) is 10.2. The summed E-state index contributed by atoms with van der Waals surface area (Å²) in [4.78, 5) is 0. The lowest BCUT2D eigenvalue weighted by Gasteiger charge is -2.10. The highest BCUT2D eigenvalue weighted by Gasteiger charge is 2.19. The number of halogens is 6. The van der Waals surface area contributed by atoms with Crippen LogP contribution in [0.4, 0.5) is 0 Å². The van der Waals surface area contributed by atoms with Crippen LogP contribution in [0, 0.1) is 0 Å². The SMILES string of the molecule is O=S(=O)(Cc1cc(Cl)c(Cl)cc1Cl)Cc1cc(Cl)c(Cl)cc1Cl. The monoisotopic (exact) mass is 450 g/mol. The Bertz CT molecular complexity index is 799. The van der Waals surface area contributed by atoms with E-state index in [-0.39, 0.29) is 41.6 Å². The summed E-state index contributed by atoms with van der Waals surface area (Å²) < 4.78 is 24.8. The highest BCUT2D eigenvalue weighted by molar-refractivity contribution is 7.89. The van der Waals surface area contributed by atoms with Gasteiger partial charge in [-0.15, -0.1) is 0 Å². The van der Waals surface area contributed by atoms with Gasteiger partial charge in [0.1, 0.15) is 0 Å². The molecular formula is C14H8Cl6O2S. The lowest BCUT2D eigenvalue weighted by Crippen LogP contribution is -2.08. The van der Waals surface area contributed by atoms with Crippen LogP contribution in [0.5, 0.6) is 0 Å². The molecule has 0 amide bonds. The molecular weight excluding hydrogens is 445 g/mol. The fourth-order valence-electron chi connectivity index (χ4n) is 1.87. The van der Waals surface area contributed by atoms with Crippen molar-refractivity contribution in [1.82, 2.24) is 0 Å². The molecule has 0 N–H and O–H groups in total. The number of benzene rings is 2. The number of hydrogen-bond acceptors (Lipinski definition) is 2. The summed E-state index contributed by atoms with van der Waals surface area (Å²) in [5, 5.41) is 1.42. The standard InChI is InChI=1S/C14H8Cl6O2S/c15-9-3-13(19)11(17)1-7(9)5-23(21,22)6-8-2-12(18)14(20)4-10(8)16/h1-4H,5-6H2. The van der Waals surface area contributed by atoms with Crippen molar-refractivity contribution >= 4 is 79.4 Å². The lowest BCUT2D eigenvalue weighted by atomic mass is 10.2. The van der Waals surface area contributed by atoms with Crippen LogP contribution in [0.15, 0.2) is 24.3 Å². The van der Waals surface area contributed by atoms with Gasteiger partial charge < -0.3 is 0 Å². The van der Waals surface area contributed by atoms with Crippen LogP contribution in [0.2, 0.25) is 30.1 Å². The Labute approximate surface area is 164 Å². The first-order valence-electron chi connectivity index (χ1n) is 6.06. The van der Waals surface area contributed by atoms with E-state index in [1.54, 1.807) is 0 Å². The van der Waals surface area contributed by atoms with Crippen LogP contribution < -0.4 is 0 Å². The van der Waals surface area contributed by atoms with Crippen molar-refractivity contribution in [3.05, 3.63) is 65.5 Å². The summed E-state index contributed by atoms with van der Waals surface area (Å²) in [6.07, 6.45) is 0. The van der Waals surface area contributed by atoms with E-state index in [1.807, 2.05) is 0 Å². The van der Waals surface area contributed by atoms with E-state index in [1.165, 1.54) is 24.3 Å². The van der Waals surface area contributed by atoms with Crippen molar-refractivity contribution in [3.63, 3.8) is 0 Å². The van der Waals surface area contributed by atoms with Crippen molar-refractivity contribution < 1.29 is 8.42 Å². The molecule has 0 aliphatic carbocycles. The minimum Gasteiger partial charge on any atom is -0.228 e. The van der Waals surface area contributed by atoms with E-state index >= 15 is 0 Å². The summed E-state index contributed by atoms with van der Waals surface area (Å²) in [5.74, 6) is -0.613. The predicted molar refractivity (Wildman–Crippen MR) is 99.3 cm³/mol. The highest BCUT2D eigenvalue weighted by Crippen LogP contribution is 2.33. The number of rotatable bonds is 4. The van der Waals surface area contributed by atoms with Gasteiger partial charge in [-0.25, -0.2) is 8.42 Å². The molecule has 2 aromatic rings. The minimum atomic E-state index is -3.56. The third-order valence-corrected chi connectivity index (χ3v) is 6.58. The zero-order valence-corrected chi connectivity index (χ0v) is 16.6. The van der Waals surface area contributed by atoms with Crippen LogP contribution in [-0.2, 0) is 21.3 Å². The van der Waals surface area contributed by atoms with Gasteiger partial charge in [-0.05, 0) is 35.4 Å². The Morgan fingerprint density at radius 2 is 0.870 bits per heavy atom. The lowest BCUT2D eigenvalue weighted by molar-refractivity contribution is 0.594. The summed E-state index contributed by atoms with van der Waals surface area (Å²) in [6.45, 7) is 0. The second kappa shape index (κ2) is 7.57. The minimum absolute atomic E-state index is 0.225. The Morgan fingerprint density at radius 3 is 1.22 bits per heavy atom. The summed E-state index contributed by atoms with van der Waals surface area (Å²) in [6, 6.07) is 5.67. The second-order valence-corrected chi connectivity index (χ2v) is 9.26. The van der Waals surface area contributed by atoms with Crippen LogP contribution in [0.1, 0.15) is 11.1 Å². The molecule has 0 saturated carbocycles. The molecule has 2 nitrogen and oxygen atoms in total. The van der Waals surface area contributed by atoms with Gasteiger partial charge >= 0.3 is 0 Å². The zero-order chi connectivity index (χ0) is 17.4. The Hall–Kier alpha value is 0.130. The quantitative estimate of drug-likeness (QED) is 0.482. The molecule has 2 aromatic carbocycles. The smallest absolute Gasteiger partial charge is 0.158 e. The number of sulfone groups is 1. The maximum Gasteiger partial charge on any atom is 0.158 e. The van der Waals surface area contributed by atoms with Gasteiger partial charge in [0.25, 0.3) is 0 Å². The van der Waals surface area contributed by atoms with Crippen LogP contribution >= 0.6 is 69.6 Å². The zero-order valence-electron chi connectivity index (χ0n) is 11.2. The van der Waals surface area contributed by atoms with E-state index in [0.29, 0.717) is 11.1 Å². The molecule has 0 saturated heterocycles. The molecule has 0 aliphatic heterocycles. The average molecular weight is 453 g/mol. The fraction of sp³-hybridized carbons (Fsp3) is 0.143. The second-order valence-electron chi connectivity index (χ2n) is 4.75. The molecule has 0 bridgehead atoms. The Balaban J connectivity index is 2.30. The van der Waals surface area contributed by atoms with Gasteiger partial charge in [-0.1, -0.05) is 69.6 Å². The van der Waals surface area contributed by atoms with Crippen LogP contribution in [0.25, 0.3) is 0 Å². The van der Waals surface area contributed by atoms with E-state index in [4.69, 9.17) is 69.6 Å². The molecule has 23 heavy (non-hydrogen) atoms. The molecule has 2 rings (SSSR count). The largest absolute Gasteiger partial charge is 0.228 e. The summed E-state index contributed by atoms with van der Waals surface area (Å²) >= 11 is 35.5. The third-order valence-electron chi connectivity index (χ3n) is 2.93. The van der Waals surface area contributed by atoms with E-state index in [2.05, 4.69) is 0 Å². The van der Waals surface area contributed by atoms with E-state index < -0.39 is 9.84 Å². The summed E-state index contributed by atoms with van der Waals surface area (Å²) in [5.41, 5.74) is 0.717. The topological polar surface area (TPSA) is 34.1 Å². The molecule has 0 unspecified atom stereocenters. The molecule has 9 heteroatoms.